The second-order valence-electron chi connectivity index (χ2n) is 6.87. The molecule has 4 rings (SSSR count). The van der Waals surface area contributed by atoms with E-state index in [1.165, 1.54) is 16.8 Å². The number of amides is 1. The highest BCUT2D eigenvalue weighted by Gasteiger charge is 2.35. The molecule has 1 aromatic heterocycles. The number of fused-ring (bicyclic) bond motifs is 1. The van der Waals surface area contributed by atoms with Crippen LogP contribution in [-0.2, 0) is 19.6 Å². The topological polar surface area (TPSA) is 56.2 Å². The number of aryl methyl sites for hydroxylation is 1. The molecule has 0 saturated heterocycles. The highest BCUT2D eigenvalue weighted by atomic mass is 19.4. The Morgan fingerprint density at radius 2 is 1.93 bits per heavy atom. The van der Waals surface area contributed by atoms with Crippen LogP contribution in [0.3, 0.4) is 0 Å². The lowest BCUT2D eigenvalue weighted by molar-refractivity contribution is -0.137. The van der Waals surface area contributed by atoms with E-state index >= 15 is 0 Å². The van der Waals surface area contributed by atoms with Crippen LogP contribution in [0.5, 0.6) is 5.75 Å². The fraction of sp³-hybridized carbons (Fsp3) is 0.238. The van der Waals surface area contributed by atoms with Gasteiger partial charge in [-0.3, -0.25) is 9.48 Å². The number of ether oxygens (including phenoxy) is 1. The number of benzene rings is 2. The minimum Gasteiger partial charge on any atom is -0.487 e. The maximum Gasteiger partial charge on any atom is 0.417 e. The van der Waals surface area contributed by atoms with E-state index in [2.05, 4.69) is 10.4 Å². The zero-order valence-corrected chi connectivity index (χ0v) is 15.5. The van der Waals surface area contributed by atoms with Crippen LogP contribution in [0.1, 0.15) is 21.6 Å². The Bertz CT molecular complexity index is 1060. The van der Waals surface area contributed by atoms with E-state index in [4.69, 9.17) is 4.74 Å². The standard InChI is InChI=1S/C21H18F3N3O2/c1-27-10-9-18(26-27)20(28)25-12-14-11-13-5-4-7-16(19(13)29-14)15-6-2-3-8-17(15)21(22,23)24/h2-10,14H,11-12H2,1H3,(H,25,28). The molecule has 150 valence electrons. The van der Waals surface area contributed by atoms with Crippen molar-refractivity contribution in [2.24, 2.45) is 7.05 Å². The largest absolute Gasteiger partial charge is 0.487 e. The number of carbonyl (C=O) groups excluding carboxylic acids is 1. The Morgan fingerprint density at radius 3 is 2.66 bits per heavy atom. The molecule has 2 heterocycles. The molecule has 1 unspecified atom stereocenters. The average molecular weight is 401 g/mol. The molecule has 5 nitrogen and oxygen atoms in total. The van der Waals surface area contributed by atoms with E-state index in [1.807, 2.05) is 6.07 Å². The van der Waals surface area contributed by atoms with Crippen molar-refractivity contribution in [2.75, 3.05) is 6.54 Å². The fourth-order valence-electron chi connectivity index (χ4n) is 3.46. The number of rotatable bonds is 4. The lowest BCUT2D eigenvalue weighted by atomic mass is 9.96. The SMILES string of the molecule is Cn1ccc(C(=O)NCC2Cc3cccc(-c4ccccc4C(F)(F)F)c3O2)n1. The van der Waals surface area contributed by atoms with Gasteiger partial charge in [-0.05, 0) is 23.3 Å². The van der Waals surface area contributed by atoms with Gasteiger partial charge >= 0.3 is 6.18 Å². The molecule has 0 radical (unpaired) electrons. The van der Waals surface area contributed by atoms with Crippen LogP contribution < -0.4 is 10.1 Å². The Kier molecular flexibility index (Phi) is 4.77. The Hall–Kier alpha value is -3.29. The Labute approximate surface area is 165 Å². The molecule has 0 fully saturated rings. The number of halogens is 3. The minimum absolute atomic E-state index is 0.0787. The molecule has 1 N–H and O–H groups in total. The molecule has 0 aliphatic carbocycles. The summed E-state index contributed by atoms with van der Waals surface area (Å²) in [6.07, 6.45) is -2.66. The quantitative estimate of drug-likeness (QED) is 0.723. The first-order chi connectivity index (χ1) is 13.8. The summed E-state index contributed by atoms with van der Waals surface area (Å²) < 4.78 is 47.8. The zero-order valence-electron chi connectivity index (χ0n) is 15.5. The molecular weight excluding hydrogens is 383 g/mol. The number of hydrogen-bond donors (Lipinski definition) is 1. The lowest BCUT2D eigenvalue weighted by Crippen LogP contribution is -2.34. The van der Waals surface area contributed by atoms with E-state index in [0.717, 1.165) is 11.6 Å². The number of carbonyl (C=O) groups is 1. The van der Waals surface area contributed by atoms with Gasteiger partial charge < -0.3 is 10.1 Å². The average Bonchev–Trinajstić information content (AvgIpc) is 3.31. The van der Waals surface area contributed by atoms with E-state index in [-0.39, 0.29) is 24.1 Å². The molecule has 2 aromatic carbocycles. The van der Waals surface area contributed by atoms with Gasteiger partial charge in [0.25, 0.3) is 5.91 Å². The summed E-state index contributed by atoms with van der Waals surface area (Å²) in [4.78, 5) is 12.2. The van der Waals surface area contributed by atoms with Crippen molar-refractivity contribution in [2.45, 2.75) is 18.7 Å². The van der Waals surface area contributed by atoms with Crippen LogP contribution in [-0.4, -0.2) is 28.3 Å². The number of nitrogens with one attached hydrogen (secondary N) is 1. The minimum atomic E-state index is -4.46. The van der Waals surface area contributed by atoms with Gasteiger partial charge in [-0.15, -0.1) is 0 Å². The second kappa shape index (κ2) is 7.27. The van der Waals surface area contributed by atoms with Crippen LogP contribution in [0, 0.1) is 0 Å². The molecule has 1 amide bonds. The first-order valence-corrected chi connectivity index (χ1v) is 9.06. The van der Waals surface area contributed by atoms with Crippen molar-refractivity contribution in [1.29, 1.82) is 0 Å². The van der Waals surface area contributed by atoms with Gasteiger partial charge in [0, 0.05) is 25.2 Å². The Balaban J connectivity index is 1.54. The van der Waals surface area contributed by atoms with Crippen LogP contribution in [0.4, 0.5) is 13.2 Å². The first kappa shape index (κ1) is 19.0. The third kappa shape index (κ3) is 3.83. The van der Waals surface area contributed by atoms with Crippen molar-refractivity contribution in [3.05, 3.63) is 71.5 Å². The first-order valence-electron chi connectivity index (χ1n) is 9.06. The normalized spacial score (nSPS) is 15.7. The van der Waals surface area contributed by atoms with Gasteiger partial charge in [0.2, 0.25) is 0 Å². The molecule has 1 aliphatic rings. The van der Waals surface area contributed by atoms with Crippen LogP contribution in [0.15, 0.2) is 54.7 Å². The number of para-hydroxylation sites is 1. The predicted octanol–water partition coefficient (Wildman–Crippen LogP) is 3.84. The summed E-state index contributed by atoms with van der Waals surface area (Å²) in [6.45, 7) is 0.227. The molecule has 0 spiro atoms. The monoisotopic (exact) mass is 401 g/mol. The molecule has 8 heteroatoms. The molecule has 0 saturated carbocycles. The zero-order chi connectivity index (χ0) is 20.6. The highest BCUT2D eigenvalue weighted by molar-refractivity contribution is 5.92. The number of hydrogen-bond acceptors (Lipinski definition) is 3. The van der Waals surface area contributed by atoms with Crippen LogP contribution in [0.2, 0.25) is 0 Å². The van der Waals surface area contributed by atoms with Crippen LogP contribution >= 0.6 is 0 Å². The summed E-state index contributed by atoms with van der Waals surface area (Å²) >= 11 is 0. The number of alkyl halides is 3. The van der Waals surface area contributed by atoms with E-state index in [9.17, 15) is 18.0 Å². The summed E-state index contributed by atoms with van der Waals surface area (Å²) in [5.74, 6) is 0.106. The van der Waals surface area contributed by atoms with Crippen molar-refractivity contribution in [3.63, 3.8) is 0 Å². The summed E-state index contributed by atoms with van der Waals surface area (Å²) in [5, 5.41) is 6.80. The smallest absolute Gasteiger partial charge is 0.417 e. The van der Waals surface area contributed by atoms with Crippen molar-refractivity contribution in [3.8, 4) is 16.9 Å². The summed E-state index contributed by atoms with van der Waals surface area (Å²) in [6, 6.07) is 12.2. The Morgan fingerprint density at radius 1 is 1.17 bits per heavy atom. The summed E-state index contributed by atoms with van der Waals surface area (Å²) in [7, 11) is 1.72. The highest BCUT2D eigenvalue weighted by Crippen LogP contribution is 2.43. The van der Waals surface area contributed by atoms with Gasteiger partial charge in [0.15, 0.2) is 0 Å². The van der Waals surface area contributed by atoms with E-state index in [1.54, 1.807) is 37.5 Å². The lowest BCUT2D eigenvalue weighted by Gasteiger charge is -2.16. The molecule has 3 aromatic rings. The van der Waals surface area contributed by atoms with E-state index < -0.39 is 11.7 Å². The molecule has 0 bridgehead atoms. The van der Waals surface area contributed by atoms with Gasteiger partial charge in [0.1, 0.15) is 17.5 Å². The fourth-order valence-corrected chi connectivity index (χ4v) is 3.46. The molecule has 1 atom stereocenters. The maximum atomic E-state index is 13.4. The third-order valence-electron chi connectivity index (χ3n) is 4.79. The third-order valence-corrected chi connectivity index (χ3v) is 4.79. The molecular formula is C21H18F3N3O2. The van der Waals surface area contributed by atoms with Crippen molar-refractivity contribution in [1.82, 2.24) is 15.1 Å². The summed E-state index contributed by atoms with van der Waals surface area (Å²) in [5.41, 5.74) is 0.882. The van der Waals surface area contributed by atoms with E-state index in [0.29, 0.717) is 23.4 Å². The van der Waals surface area contributed by atoms with Gasteiger partial charge in [0.05, 0.1) is 12.1 Å². The van der Waals surface area contributed by atoms with Crippen molar-refractivity contribution < 1.29 is 22.7 Å². The van der Waals surface area contributed by atoms with Gasteiger partial charge in [-0.1, -0.05) is 36.4 Å². The number of nitrogens with zero attached hydrogens (tertiary/aromatic N) is 2. The number of aromatic nitrogens is 2. The predicted molar refractivity (Wildman–Crippen MR) is 101 cm³/mol. The molecule has 1 aliphatic heterocycles. The van der Waals surface area contributed by atoms with Crippen LogP contribution in [0.25, 0.3) is 11.1 Å². The van der Waals surface area contributed by atoms with Gasteiger partial charge in [-0.2, -0.15) is 18.3 Å². The second-order valence-corrected chi connectivity index (χ2v) is 6.87. The maximum absolute atomic E-state index is 13.4. The van der Waals surface area contributed by atoms with Gasteiger partial charge in [-0.25, -0.2) is 0 Å². The molecule has 29 heavy (non-hydrogen) atoms. The van der Waals surface area contributed by atoms with Crippen molar-refractivity contribution >= 4 is 5.91 Å².